The third-order valence-electron chi connectivity index (χ3n) is 6.62. The van der Waals surface area contributed by atoms with E-state index >= 15 is 4.39 Å². The van der Waals surface area contributed by atoms with Crippen molar-refractivity contribution in [1.29, 1.82) is 0 Å². The normalized spacial score (nSPS) is 17.0. The third-order valence-corrected chi connectivity index (χ3v) is 9.46. The molecule has 220 valence electrons. The number of hydrogen-bond acceptors (Lipinski definition) is 6. The SMILES string of the molecule is CCCCCOc1cccc(-c2cc(Cl)ccc2S(=O)(=O)N2CCC(F)(C(=O)N[C@@H](C)/C=C\S(C)(=O)=O)CC2)c1. The largest absolute Gasteiger partial charge is 0.494 e. The molecule has 1 amide bonds. The summed E-state index contributed by atoms with van der Waals surface area (Å²) >= 11 is 6.25. The van der Waals surface area contributed by atoms with E-state index in [1.54, 1.807) is 24.3 Å². The quantitative estimate of drug-likeness (QED) is 0.332. The van der Waals surface area contributed by atoms with Crippen LogP contribution in [0.15, 0.2) is 58.8 Å². The van der Waals surface area contributed by atoms with Gasteiger partial charge in [-0.3, -0.25) is 4.79 Å². The minimum Gasteiger partial charge on any atom is -0.494 e. The molecule has 2 aromatic rings. The molecule has 1 atom stereocenters. The molecule has 40 heavy (non-hydrogen) atoms. The van der Waals surface area contributed by atoms with E-state index in [1.165, 1.54) is 29.4 Å². The summed E-state index contributed by atoms with van der Waals surface area (Å²) in [6, 6.07) is 10.9. The van der Waals surface area contributed by atoms with Gasteiger partial charge in [0.05, 0.1) is 11.5 Å². The predicted octanol–water partition coefficient (Wildman–Crippen LogP) is 5.13. The Morgan fingerprint density at radius 2 is 1.85 bits per heavy atom. The third kappa shape index (κ3) is 8.52. The van der Waals surface area contributed by atoms with Crippen molar-refractivity contribution >= 4 is 37.4 Å². The molecule has 0 bridgehead atoms. The molecule has 1 saturated heterocycles. The Hall–Kier alpha value is -2.47. The van der Waals surface area contributed by atoms with Gasteiger partial charge in [0.1, 0.15) is 5.75 Å². The van der Waals surface area contributed by atoms with Crippen molar-refractivity contribution < 1.29 is 30.8 Å². The number of carbonyl (C=O) groups is 1. The maximum Gasteiger partial charge on any atom is 0.258 e. The van der Waals surface area contributed by atoms with Crippen LogP contribution in [-0.4, -0.2) is 64.7 Å². The van der Waals surface area contributed by atoms with Crippen molar-refractivity contribution in [1.82, 2.24) is 9.62 Å². The van der Waals surface area contributed by atoms with Gasteiger partial charge in [0.15, 0.2) is 15.5 Å². The monoisotopic (exact) mass is 614 g/mol. The number of amides is 1. The zero-order valence-corrected chi connectivity index (χ0v) is 25.3. The molecule has 1 aliphatic rings. The number of sulfonamides is 1. The van der Waals surface area contributed by atoms with Crippen LogP contribution >= 0.6 is 11.6 Å². The summed E-state index contributed by atoms with van der Waals surface area (Å²) in [5.74, 6) is -0.290. The Labute approximate surface area is 241 Å². The molecular weight excluding hydrogens is 579 g/mol. The Morgan fingerprint density at radius 3 is 2.50 bits per heavy atom. The number of hydrogen-bond donors (Lipinski definition) is 1. The molecule has 1 aliphatic heterocycles. The van der Waals surface area contributed by atoms with Crippen LogP contribution in [0.5, 0.6) is 5.75 Å². The maximum absolute atomic E-state index is 15.5. The van der Waals surface area contributed by atoms with Gasteiger partial charge in [0.2, 0.25) is 10.0 Å². The number of unbranched alkanes of at least 4 members (excludes halogenated alkanes) is 2. The first-order valence-electron chi connectivity index (χ1n) is 13.2. The van der Waals surface area contributed by atoms with E-state index < -0.39 is 37.5 Å². The second kappa shape index (κ2) is 13.5. The Bertz CT molecular complexity index is 1440. The van der Waals surface area contributed by atoms with Crippen molar-refractivity contribution in [2.24, 2.45) is 0 Å². The molecule has 0 unspecified atom stereocenters. The lowest BCUT2D eigenvalue weighted by Crippen LogP contribution is -2.53. The van der Waals surface area contributed by atoms with E-state index in [0.717, 1.165) is 30.9 Å². The number of nitrogens with one attached hydrogen (secondary N) is 1. The molecule has 0 radical (unpaired) electrons. The standard InChI is InChI=1S/C28H36ClFN2O6S2/c1-4-5-6-17-38-24-9-7-8-22(19-24)25-20-23(29)10-11-26(25)40(36,37)32-15-13-28(30,14-16-32)27(33)31-21(2)12-18-39(3,34)35/h7-12,18-21H,4-6,13-17H2,1-3H3,(H,31,33)/b18-12-/t21-/m0/s1. The number of rotatable bonds is 12. The zero-order chi connectivity index (χ0) is 29.6. The summed E-state index contributed by atoms with van der Waals surface area (Å²) in [5.41, 5.74) is -1.28. The molecule has 1 fully saturated rings. The number of alkyl halides is 1. The first-order chi connectivity index (χ1) is 18.7. The van der Waals surface area contributed by atoms with Crippen LogP contribution < -0.4 is 10.1 Å². The van der Waals surface area contributed by atoms with Gasteiger partial charge in [-0.1, -0.05) is 49.6 Å². The van der Waals surface area contributed by atoms with Crippen LogP contribution in [0.2, 0.25) is 5.02 Å². The van der Waals surface area contributed by atoms with Crippen LogP contribution in [0.4, 0.5) is 4.39 Å². The van der Waals surface area contributed by atoms with Gasteiger partial charge in [0, 0.05) is 54.2 Å². The molecule has 0 aromatic heterocycles. The van der Waals surface area contributed by atoms with Crippen molar-refractivity contribution in [3.05, 3.63) is 59.0 Å². The van der Waals surface area contributed by atoms with Gasteiger partial charge >= 0.3 is 0 Å². The fourth-order valence-electron chi connectivity index (χ4n) is 4.34. The second-order valence-electron chi connectivity index (χ2n) is 10.0. The molecule has 1 N–H and O–H groups in total. The van der Waals surface area contributed by atoms with Crippen molar-refractivity contribution in [3.63, 3.8) is 0 Å². The molecule has 0 aliphatic carbocycles. The highest BCUT2D eigenvalue weighted by molar-refractivity contribution is 7.93. The van der Waals surface area contributed by atoms with Gasteiger partial charge in [-0.25, -0.2) is 21.2 Å². The Balaban J connectivity index is 1.77. The van der Waals surface area contributed by atoms with Gasteiger partial charge < -0.3 is 10.1 Å². The fraction of sp³-hybridized carbons (Fsp3) is 0.464. The zero-order valence-electron chi connectivity index (χ0n) is 22.9. The van der Waals surface area contributed by atoms with E-state index in [0.29, 0.717) is 28.5 Å². The lowest BCUT2D eigenvalue weighted by atomic mass is 9.93. The second-order valence-corrected chi connectivity index (χ2v) is 14.3. The first-order valence-corrected chi connectivity index (χ1v) is 16.9. The lowest BCUT2D eigenvalue weighted by Gasteiger charge is -2.35. The highest BCUT2D eigenvalue weighted by Crippen LogP contribution is 2.36. The Morgan fingerprint density at radius 1 is 1.15 bits per heavy atom. The molecule has 2 aromatic carbocycles. The number of halogens is 2. The first kappa shape index (κ1) is 32.0. The summed E-state index contributed by atoms with van der Waals surface area (Å²) in [5, 5.41) is 3.75. The summed E-state index contributed by atoms with van der Waals surface area (Å²) in [6.45, 7) is 3.77. The maximum atomic E-state index is 15.5. The van der Waals surface area contributed by atoms with Gasteiger partial charge in [0.25, 0.3) is 5.91 Å². The topological polar surface area (TPSA) is 110 Å². The van der Waals surface area contributed by atoms with Gasteiger partial charge in [-0.15, -0.1) is 0 Å². The highest BCUT2D eigenvalue weighted by atomic mass is 35.5. The number of carbonyl (C=O) groups excluding carboxylic acids is 1. The van der Waals surface area contributed by atoms with Crippen molar-refractivity contribution in [3.8, 4) is 16.9 Å². The average molecular weight is 615 g/mol. The molecule has 0 spiro atoms. The molecule has 0 saturated carbocycles. The molecular formula is C28H36ClFN2O6S2. The summed E-state index contributed by atoms with van der Waals surface area (Å²) < 4.78 is 72.6. The molecule has 1 heterocycles. The van der Waals surface area contributed by atoms with E-state index in [4.69, 9.17) is 16.3 Å². The van der Waals surface area contributed by atoms with E-state index in [9.17, 15) is 21.6 Å². The summed E-state index contributed by atoms with van der Waals surface area (Å²) in [4.78, 5) is 12.7. The van der Waals surface area contributed by atoms with Crippen LogP contribution in [0.1, 0.15) is 46.0 Å². The summed E-state index contributed by atoms with van der Waals surface area (Å²) in [6.07, 6.45) is 4.61. The Kier molecular flexibility index (Phi) is 10.8. The van der Waals surface area contributed by atoms with Crippen LogP contribution in [0, 0.1) is 0 Å². The average Bonchev–Trinajstić information content (AvgIpc) is 2.90. The van der Waals surface area contributed by atoms with Crippen LogP contribution in [0.3, 0.4) is 0 Å². The molecule has 12 heteroatoms. The van der Waals surface area contributed by atoms with E-state index in [1.807, 2.05) is 6.07 Å². The van der Waals surface area contributed by atoms with Gasteiger partial charge in [-0.05, 0) is 49.2 Å². The highest BCUT2D eigenvalue weighted by Gasteiger charge is 2.44. The summed E-state index contributed by atoms with van der Waals surface area (Å²) in [7, 11) is -7.46. The minimum absolute atomic E-state index is 0.0235. The van der Waals surface area contributed by atoms with Crippen LogP contribution in [0.25, 0.3) is 11.1 Å². The fourth-order valence-corrected chi connectivity index (χ4v) is 6.67. The number of piperidine rings is 1. The number of benzene rings is 2. The number of nitrogens with zero attached hydrogens (tertiary/aromatic N) is 1. The lowest BCUT2D eigenvalue weighted by molar-refractivity contribution is -0.135. The number of sulfone groups is 1. The predicted molar refractivity (Wildman–Crippen MR) is 155 cm³/mol. The van der Waals surface area contributed by atoms with Crippen LogP contribution in [-0.2, 0) is 24.7 Å². The minimum atomic E-state index is -4.06. The van der Waals surface area contributed by atoms with E-state index in [-0.39, 0.29) is 30.8 Å². The van der Waals surface area contributed by atoms with Crippen molar-refractivity contribution in [2.45, 2.75) is 62.6 Å². The van der Waals surface area contributed by atoms with E-state index in [2.05, 4.69) is 12.2 Å². The molecule has 8 nitrogen and oxygen atoms in total. The molecule has 3 rings (SSSR count). The van der Waals surface area contributed by atoms with Crippen molar-refractivity contribution in [2.75, 3.05) is 26.0 Å². The number of ether oxygens (including phenoxy) is 1. The van der Waals surface area contributed by atoms with Gasteiger partial charge in [-0.2, -0.15) is 4.31 Å². The smallest absolute Gasteiger partial charge is 0.258 e.